The molecule has 3 aromatic carbocycles. The molecule has 1 heterocycles. The summed E-state index contributed by atoms with van der Waals surface area (Å²) in [5.41, 5.74) is 3.38. The van der Waals surface area contributed by atoms with Gasteiger partial charge in [-0.3, -0.25) is 0 Å². The van der Waals surface area contributed by atoms with E-state index < -0.39 is 0 Å². The maximum Gasteiger partial charge on any atom is 0.113 e. The minimum absolute atomic E-state index is 0.0770. The third kappa shape index (κ3) is 7.23. The fraction of sp³-hybridized carbons (Fsp3) is 0.379. The van der Waals surface area contributed by atoms with E-state index in [2.05, 4.69) is 41.7 Å². The van der Waals surface area contributed by atoms with Crippen LogP contribution in [-0.4, -0.2) is 42.6 Å². The highest BCUT2D eigenvalue weighted by atomic mass is 16.6. The van der Waals surface area contributed by atoms with Crippen LogP contribution in [0.3, 0.4) is 0 Å². The van der Waals surface area contributed by atoms with Crippen LogP contribution < -0.4 is 5.32 Å². The molecule has 180 valence electrons. The van der Waals surface area contributed by atoms with E-state index in [0.717, 1.165) is 23.1 Å². The minimum atomic E-state index is -0.238. The number of benzene rings is 3. The first-order chi connectivity index (χ1) is 16.8. The molecule has 0 radical (unpaired) electrons. The van der Waals surface area contributed by atoms with E-state index in [1.165, 1.54) is 0 Å². The zero-order chi connectivity index (χ0) is 23.4. The van der Waals surface area contributed by atoms with Gasteiger partial charge in [-0.05, 0) is 29.5 Å². The lowest BCUT2D eigenvalue weighted by atomic mass is 9.92. The van der Waals surface area contributed by atoms with Crippen molar-refractivity contribution in [3.05, 3.63) is 108 Å². The summed E-state index contributed by atoms with van der Waals surface area (Å²) < 4.78 is 19.4. The number of hydrogen-bond acceptors (Lipinski definition) is 5. The monoisotopic (exact) mass is 461 g/mol. The van der Waals surface area contributed by atoms with Crippen molar-refractivity contribution in [3.63, 3.8) is 0 Å². The fourth-order valence-corrected chi connectivity index (χ4v) is 4.40. The zero-order valence-electron chi connectivity index (χ0n) is 19.6. The van der Waals surface area contributed by atoms with Gasteiger partial charge in [0, 0.05) is 19.2 Å². The first-order valence-corrected chi connectivity index (χ1v) is 12.1. The summed E-state index contributed by atoms with van der Waals surface area (Å²) in [6.45, 7) is 2.35. The van der Waals surface area contributed by atoms with Crippen molar-refractivity contribution >= 4 is 0 Å². The highest BCUT2D eigenvalue weighted by molar-refractivity contribution is 5.15. The molecule has 4 atom stereocenters. The quantitative estimate of drug-likeness (QED) is 0.416. The third-order valence-electron chi connectivity index (χ3n) is 6.22. The molecule has 0 amide bonds. The fourth-order valence-electron chi connectivity index (χ4n) is 4.40. The molecule has 1 aliphatic rings. The Kier molecular flexibility index (Phi) is 9.67. The number of ether oxygens (including phenoxy) is 3. The molecule has 1 aliphatic heterocycles. The minimum Gasteiger partial charge on any atom is -0.396 e. The van der Waals surface area contributed by atoms with Crippen LogP contribution in [0.5, 0.6) is 0 Å². The Bertz CT molecular complexity index is 938. The predicted molar refractivity (Wildman–Crippen MR) is 133 cm³/mol. The summed E-state index contributed by atoms with van der Waals surface area (Å²) in [4.78, 5) is 0. The lowest BCUT2D eigenvalue weighted by molar-refractivity contribution is -0.176. The van der Waals surface area contributed by atoms with Crippen LogP contribution in [-0.2, 0) is 34.0 Å². The Morgan fingerprint density at radius 1 is 0.647 bits per heavy atom. The van der Waals surface area contributed by atoms with Gasteiger partial charge < -0.3 is 24.6 Å². The number of rotatable bonds is 12. The molecule has 34 heavy (non-hydrogen) atoms. The van der Waals surface area contributed by atoms with Crippen LogP contribution in [0.15, 0.2) is 91.0 Å². The molecule has 0 aromatic heterocycles. The average Bonchev–Trinajstić information content (AvgIpc) is 2.90. The van der Waals surface area contributed by atoms with Gasteiger partial charge in [-0.2, -0.15) is 0 Å². The Morgan fingerprint density at radius 2 is 1.12 bits per heavy atom. The van der Waals surface area contributed by atoms with E-state index in [9.17, 15) is 5.11 Å². The van der Waals surface area contributed by atoms with Crippen LogP contribution in [0.4, 0.5) is 0 Å². The van der Waals surface area contributed by atoms with Gasteiger partial charge in [0.05, 0.1) is 25.9 Å². The molecule has 5 heteroatoms. The summed E-state index contributed by atoms with van der Waals surface area (Å²) in [5, 5.41) is 13.1. The Labute approximate surface area is 202 Å². The van der Waals surface area contributed by atoms with E-state index in [1.54, 1.807) is 0 Å². The number of nitrogens with one attached hydrogen (secondary N) is 1. The van der Waals surface area contributed by atoms with E-state index >= 15 is 0 Å². The third-order valence-corrected chi connectivity index (χ3v) is 6.22. The van der Waals surface area contributed by atoms with Gasteiger partial charge in [0.1, 0.15) is 12.2 Å². The standard InChI is InChI=1S/C29H35NO4/c31-18-10-17-26-28(33-21-24-13-6-2-7-14-24)29(34-22-25-15-8-3-9-16-25)27(19-30-26)32-20-23-11-4-1-5-12-23/h1-9,11-16,26-31H,10,17-22H2/t26-,27+,28-,29-/m1/s1. The van der Waals surface area contributed by atoms with Crippen LogP contribution in [0.1, 0.15) is 29.5 Å². The summed E-state index contributed by atoms with van der Waals surface area (Å²) in [5.74, 6) is 0. The second kappa shape index (κ2) is 13.4. The topological polar surface area (TPSA) is 60.0 Å². The molecule has 0 spiro atoms. The van der Waals surface area contributed by atoms with E-state index in [1.807, 2.05) is 54.6 Å². The Hall–Kier alpha value is -2.54. The maximum atomic E-state index is 9.45. The highest BCUT2D eigenvalue weighted by Crippen LogP contribution is 2.25. The van der Waals surface area contributed by atoms with E-state index in [0.29, 0.717) is 32.8 Å². The Balaban J connectivity index is 1.51. The zero-order valence-corrected chi connectivity index (χ0v) is 19.6. The van der Waals surface area contributed by atoms with Crippen LogP contribution >= 0.6 is 0 Å². The van der Waals surface area contributed by atoms with Gasteiger partial charge in [0.15, 0.2) is 0 Å². The molecule has 0 saturated carbocycles. The lowest BCUT2D eigenvalue weighted by Gasteiger charge is -2.43. The number of aliphatic hydroxyl groups is 1. The molecule has 0 bridgehead atoms. The predicted octanol–water partition coefficient (Wildman–Crippen LogP) is 4.49. The van der Waals surface area contributed by atoms with Gasteiger partial charge in [-0.1, -0.05) is 91.0 Å². The van der Waals surface area contributed by atoms with Gasteiger partial charge in [0.25, 0.3) is 0 Å². The number of hydrogen-bond donors (Lipinski definition) is 2. The summed E-state index contributed by atoms with van der Waals surface area (Å²) in [6.07, 6.45) is 0.925. The van der Waals surface area contributed by atoms with Crippen molar-refractivity contribution in [1.29, 1.82) is 0 Å². The number of aliphatic hydroxyl groups excluding tert-OH is 1. The molecule has 2 N–H and O–H groups in total. The highest BCUT2D eigenvalue weighted by Gasteiger charge is 2.41. The van der Waals surface area contributed by atoms with Crippen LogP contribution in [0.2, 0.25) is 0 Å². The van der Waals surface area contributed by atoms with Crippen molar-refractivity contribution in [1.82, 2.24) is 5.32 Å². The molecule has 1 fully saturated rings. The molecule has 5 nitrogen and oxygen atoms in total. The lowest BCUT2D eigenvalue weighted by Crippen LogP contribution is -2.62. The van der Waals surface area contributed by atoms with Crippen molar-refractivity contribution in [2.24, 2.45) is 0 Å². The van der Waals surface area contributed by atoms with Gasteiger partial charge >= 0.3 is 0 Å². The summed E-state index contributed by atoms with van der Waals surface area (Å²) in [6, 6.07) is 30.7. The second-order valence-corrected chi connectivity index (χ2v) is 8.74. The first-order valence-electron chi connectivity index (χ1n) is 12.1. The Morgan fingerprint density at radius 3 is 1.62 bits per heavy atom. The van der Waals surface area contributed by atoms with Crippen LogP contribution in [0, 0.1) is 0 Å². The smallest absolute Gasteiger partial charge is 0.113 e. The molecule has 0 unspecified atom stereocenters. The van der Waals surface area contributed by atoms with Gasteiger partial charge in [0.2, 0.25) is 0 Å². The van der Waals surface area contributed by atoms with Crippen molar-refractivity contribution in [2.45, 2.75) is 57.0 Å². The van der Waals surface area contributed by atoms with E-state index in [4.69, 9.17) is 14.2 Å². The SMILES string of the molecule is OCCC[C@H]1NC[C@H](OCc2ccccc2)[C@@H](OCc2ccccc2)[C@@H]1OCc1ccccc1. The van der Waals surface area contributed by atoms with E-state index in [-0.39, 0.29) is 31.0 Å². The number of piperidine rings is 1. The summed E-state index contributed by atoms with van der Waals surface area (Å²) in [7, 11) is 0. The van der Waals surface area contributed by atoms with Gasteiger partial charge in [-0.25, -0.2) is 0 Å². The molecule has 3 aromatic rings. The van der Waals surface area contributed by atoms with Crippen molar-refractivity contribution in [2.75, 3.05) is 13.2 Å². The first kappa shape index (κ1) is 24.6. The molecular weight excluding hydrogens is 426 g/mol. The molecule has 1 saturated heterocycles. The van der Waals surface area contributed by atoms with Gasteiger partial charge in [-0.15, -0.1) is 0 Å². The van der Waals surface area contributed by atoms with Crippen molar-refractivity contribution in [3.8, 4) is 0 Å². The maximum absolute atomic E-state index is 9.45. The van der Waals surface area contributed by atoms with Crippen molar-refractivity contribution < 1.29 is 19.3 Å². The largest absolute Gasteiger partial charge is 0.396 e. The molecular formula is C29H35NO4. The average molecular weight is 462 g/mol. The normalized spacial score (nSPS) is 22.5. The molecule has 4 rings (SSSR count). The summed E-state index contributed by atoms with van der Waals surface area (Å²) >= 11 is 0. The second-order valence-electron chi connectivity index (χ2n) is 8.74. The molecule has 0 aliphatic carbocycles. The van der Waals surface area contributed by atoms with Crippen LogP contribution in [0.25, 0.3) is 0 Å².